The lowest BCUT2D eigenvalue weighted by Gasteiger charge is -2.50. The predicted molar refractivity (Wildman–Crippen MR) is 400 cm³/mol. The van der Waals surface area contributed by atoms with Gasteiger partial charge in [-0.05, 0) is 168 Å². The number of likely N-dealkylation sites (N-methyl/N-ethyl adjacent to an activating group) is 1. The fourth-order valence-electron chi connectivity index (χ4n) is 14.7. The number of nitrogens with one attached hydrogen (secondary N) is 1. The molecule has 7 aromatic carbocycles. The average molecular weight is 1370 g/mol. The summed E-state index contributed by atoms with van der Waals surface area (Å²) in [7, 11) is 6.45. The van der Waals surface area contributed by atoms with Crippen LogP contribution in [0.4, 0.5) is 0 Å². The van der Waals surface area contributed by atoms with Crippen LogP contribution in [-0.4, -0.2) is 168 Å². The Bertz CT molecular complexity index is 3490. The molecule has 0 radical (unpaired) electrons. The van der Waals surface area contributed by atoms with Gasteiger partial charge in [-0.1, -0.05) is 173 Å². The highest BCUT2D eigenvalue weighted by Crippen LogP contribution is 2.41. The van der Waals surface area contributed by atoms with E-state index in [1.165, 1.54) is 38.9 Å². The molecule has 0 amide bonds. The zero-order chi connectivity index (χ0) is 69.7. The third-order valence-corrected chi connectivity index (χ3v) is 21.1. The normalized spacial score (nSPS) is 22.8. The SMILES string of the molecule is CCCc1ccc(OCc2ccccc2)c(CN2CCC3(CC2)C[C@H](N(C)C)C([C@@H](C)O)CO3)c1.CN1CCN(C2CCN(Cc3cc(C(C)(C)C)ccc3OCc3ccccc3)CC[C@@H]2O)CC1.O[C@@H]1[C@H](NCc2ccccc2)CCC[C@H]1Oc1ccccc1Oc1ccc(Cl)cc1. The van der Waals surface area contributed by atoms with Gasteiger partial charge >= 0.3 is 0 Å². The molecule has 14 nitrogen and oxygen atoms in total. The highest BCUT2D eigenvalue weighted by Gasteiger charge is 2.46. The van der Waals surface area contributed by atoms with Gasteiger partial charge in [0, 0.05) is 112 Å². The molecule has 4 N–H and O–H groups in total. The third kappa shape index (κ3) is 22.3. The number of piperidine rings is 1. The van der Waals surface area contributed by atoms with Crippen LogP contribution in [0.15, 0.2) is 176 Å². The summed E-state index contributed by atoms with van der Waals surface area (Å²) in [4.78, 5) is 12.2. The molecule has 4 saturated heterocycles. The summed E-state index contributed by atoms with van der Waals surface area (Å²) in [6, 6.07) is 59.8. The first kappa shape index (κ1) is 75.3. The molecular formula is C84H113ClN6O8. The van der Waals surface area contributed by atoms with Crippen LogP contribution in [0.3, 0.4) is 0 Å². The van der Waals surface area contributed by atoms with Crippen LogP contribution in [-0.2, 0) is 49.4 Å². The molecule has 5 aliphatic rings. The summed E-state index contributed by atoms with van der Waals surface area (Å²) in [5, 5.41) is 36.3. The number of rotatable bonds is 22. The van der Waals surface area contributed by atoms with Crippen molar-refractivity contribution in [3.63, 3.8) is 0 Å². The number of hydrogen-bond acceptors (Lipinski definition) is 14. The van der Waals surface area contributed by atoms with Crippen molar-refractivity contribution in [2.45, 2.75) is 185 Å². The second-order valence-electron chi connectivity index (χ2n) is 29.6. The molecule has 1 saturated carbocycles. The fraction of sp³-hybridized carbons (Fsp3) is 0.500. The van der Waals surface area contributed by atoms with Crippen molar-refractivity contribution in [3.05, 3.63) is 220 Å². The lowest BCUT2D eigenvalue weighted by molar-refractivity contribution is -0.167. The lowest BCUT2D eigenvalue weighted by atomic mass is 9.77. The molecular weight excluding hydrogens is 1260 g/mol. The van der Waals surface area contributed by atoms with E-state index >= 15 is 0 Å². The van der Waals surface area contributed by atoms with Crippen LogP contribution >= 0.6 is 11.6 Å². The second kappa shape index (κ2) is 37.0. The maximum Gasteiger partial charge on any atom is 0.169 e. The third-order valence-electron chi connectivity index (χ3n) is 20.9. The van der Waals surface area contributed by atoms with E-state index in [9.17, 15) is 15.3 Å². The van der Waals surface area contributed by atoms with Gasteiger partial charge in [-0.2, -0.15) is 0 Å². The smallest absolute Gasteiger partial charge is 0.169 e. The highest BCUT2D eigenvalue weighted by molar-refractivity contribution is 6.30. The van der Waals surface area contributed by atoms with Crippen molar-refractivity contribution in [2.24, 2.45) is 5.92 Å². The van der Waals surface area contributed by atoms with Crippen molar-refractivity contribution in [1.29, 1.82) is 0 Å². The Hall–Kier alpha value is -6.37. The van der Waals surface area contributed by atoms with E-state index in [-0.39, 0.29) is 47.3 Å². The van der Waals surface area contributed by atoms with Gasteiger partial charge in [0.1, 0.15) is 42.7 Å². The average Bonchev–Trinajstić information content (AvgIpc) is 0.994. The zero-order valence-electron chi connectivity index (χ0n) is 60.3. The minimum Gasteiger partial charge on any atom is -0.489 e. The van der Waals surface area contributed by atoms with E-state index in [1.807, 2.05) is 73.7 Å². The molecule has 0 aromatic heterocycles. The van der Waals surface area contributed by atoms with Crippen molar-refractivity contribution in [3.8, 4) is 28.7 Å². The summed E-state index contributed by atoms with van der Waals surface area (Å²) in [6.45, 7) is 23.5. The van der Waals surface area contributed by atoms with Crippen molar-refractivity contribution in [1.82, 2.24) is 29.8 Å². The van der Waals surface area contributed by atoms with E-state index in [1.54, 1.807) is 12.1 Å². The number of nitrogens with zero attached hydrogens (tertiary/aromatic N) is 5. The van der Waals surface area contributed by atoms with Gasteiger partial charge in [0.15, 0.2) is 11.5 Å². The number of para-hydroxylation sites is 2. The van der Waals surface area contributed by atoms with E-state index in [0.717, 1.165) is 148 Å². The number of halogens is 1. The summed E-state index contributed by atoms with van der Waals surface area (Å²) in [5.41, 5.74) is 8.86. The number of piperazine rings is 1. The van der Waals surface area contributed by atoms with Crippen LogP contribution in [0.25, 0.3) is 0 Å². The number of likely N-dealkylation sites (tertiary alicyclic amines) is 2. The summed E-state index contributed by atoms with van der Waals surface area (Å²) in [6.07, 6.45) is 8.43. The minimum atomic E-state index is -0.592. The number of aliphatic hydroxyl groups is 3. The zero-order valence-corrected chi connectivity index (χ0v) is 61.1. The maximum atomic E-state index is 11.0. The quantitative estimate of drug-likeness (QED) is 0.0513. The minimum absolute atomic E-state index is 0.00620. The monoisotopic (exact) mass is 1370 g/mol. The van der Waals surface area contributed by atoms with Gasteiger partial charge in [-0.25, -0.2) is 0 Å². The topological polar surface area (TPSA) is 135 Å². The van der Waals surface area contributed by atoms with Crippen LogP contribution in [0.2, 0.25) is 5.02 Å². The largest absolute Gasteiger partial charge is 0.489 e. The molecule has 0 bridgehead atoms. The van der Waals surface area contributed by atoms with Gasteiger partial charge in [-0.3, -0.25) is 14.7 Å². The van der Waals surface area contributed by atoms with Gasteiger partial charge in [0.25, 0.3) is 0 Å². The molecule has 534 valence electrons. The van der Waals surface area contributed by atoms with E-state index in [2.05, 4.69) is 176 Å². The van der Waals surface area contributed by atoms with Crippen molar-refractivity contribution >= 4 is 11.6 Å². The number of hydrogen-bond donors (Lipinski definition) is 4. The van der Waals surface area contributed by atoms with Gasteiger partial charge in [0.2, 0.25) is 0 Å². The molecule has 12 rings (SSSR count). The molecule has 5 fully saturated rings. The summed E-state index contributed by atoms with van der Waals surface area (Å²) < 4.78 is 31.3. The van der Waals surface area contributed by atoms with Gasteiger partial charge in [-0.15, -0.1) is 0 Å². The Morgan fingerprint density at radius 2 is 1.21 bits per heavy atom. The van der Waals surface area contributed by atoms with E-state index < -0.39 is 6.10 Å². The Morgan fingerprint density at radius 1 is 0.636 bits per heavy atom. The van der Waals surface area contributed by atoms with Crippen LogP contribution in [0, 0.1) is 5.92 Å². The first-order valence-electron chi connectivity index (χ1n) is 36.6. The first-order valence-corrected chi connectivity index (χ1v) is 37.0. The Balaban J connectivity index is 0.000000161. The number of benzene rings is 7. The lowest BCUT2D eigenvalue weighted by Crippen LogP contribution is -2.57. The van der Waals surface area contributed by atoms with Gasteiger partial charge < -0.3 is 54.1 Å². The predicted octanol–water partition coefficient (Wildman–Crippen LogP) is 14.6. The molecule has 1 spiro atoms. The van der Waals surface area contributed by atoms with Crippen molar-refractivity contribution < 1.29 is 39.0 Å². The van der Waals surface area contributed by atoms with E-state index in [4.69, 9.17) is 35.3 Å². The number of ether oxygens (including phenoxy) is 5. The van der Waals surface area contributed by atoms with Crippen LogP contribution in [0.5, 0.6) is 28.7 Å². The number of aryl methyl sites for hydroxylation is 1. The fourth-order valence-corrected chi connectivity index (χ4v) is 14.8. The Labute approximate surface area is 597 Å². The molecule has 2 unspecified atom stereocenters. The highest BCUT2D eigenvalue weighted by atomic mass is 35.5. The molecule has 99 heavy (non-hydrogen) atoms. The maximum absolute atomic E-state index is 11.0. The molecule has 1 aliphatic carbocycles. The number of aliphatic hydroxyl groups excluding tert-OH is 3. The van der Waals surface area contributed by atoms with E-state index in [0.29, 0.717) is 48.1 Å². The summed E-state index contributed by atoms with van der Waals surface area (Å²) >= 11 is 5.96. The molecule has 8 atom stereocenters. The standard InChI is InChI=1S/C30H44N2O3.C29H43N3O2.C25H26ClNO3/c1-5-9-24-12-13-29(34-21-25-10-7-6-8-11-25)26(18-24)20-32-16-14-30(15-17-32)19-28(31(3)4)27(22-35-30)23(2)33;1-29(2,3)25-10-11-28(34-22-23-8-6-5-7-9-23)24(20-25)21-31-14-12-26(27(33)13-15-31)32-18-16-30(4)17-19-32;26-19-13-15-20(16-14-19)29-22-10-4-5-11-23(22)30-24-12-6-9-21(25(24)28)27-17-18-7-2-1-3-8-18/h6-8,10-13,18,23,27-28,33H,5,9,14-17,19-22H2,1-4H3;5-11,20,26-27,33H,12-19,21-22H2,1-4H3;1-5,7-8,10-11,13-16,21,24-25,27-28H,6,9,12,17H2/t23-,27?,28+;26?,27-;21-,24-,25-/m101/s1. The molecule has 4 heterocycles. The Morgan fingerprint density at radius 3 is 1.82 bits per heavy atom. The summed E-state index contributed by atoms with van der Waals surface area (Å²) in [5.74, 6) is 4.07. The van der Waals surface area contributed by atoms with Crippen LogP contribution < -0.4 is 24.3 Å². The molecule has 7 aromatic rings. The molecule has 4 aliphatic heterocycles. The van der Waals surface area contributed by atoms with Gasteiger partial charge in [0.05, 0.1) is 24.4 Å². The first-order chi connectivity index (χ1) is 47.9. The van der Waals surface area contributed by atoms with Crippen molar-refractivity contribution in [2.75, 3.05) is 80.1 Å². The Kier molecular flexibility index (Phi) is 28.1. The van der Waals surface area contributed by atoms with Crippen LogP contribution in [0.1, 0.15) is 131 Å². The second-order valence-corrected chi connectivity index (χ2v) is 30.0. The molecule has 15 heteroatoms.